The van der Waals surface area contributed by atoms with Crippen LogP contribution in [0.25, 0.3) is 0 Å². The molecule has 366 valence electrons. The number of amides is 1. The fourth-order valence-electron chi connectivity index (χ4n) is 11.7. The number of carbonyl (C=O) groups excluding carboxylic acids is 4. The van der Waals surface area contributed by atoms with Crippen LogP contribution in [0, 0.1) is 22.6 Å². The summed E-state index contributed by atoms with van der Waals surface area (Å²) in [6, 6.07) is 9.28. The zero-order valence-corrected chi connectivity index (χ0v) is 39.9. The van der Waals surface area contributed by atoms with Gasteiger partial charge in [-0.1, -0.05) is 39.0 Å². The van der Waals surface area contributed by atoms with Gasteiger partial charge in [0.2, 0.25) is 0 Å². The van der Waals surface area contributed by atoms with Crippen LogP contribution in [-0.4, -0.2) is 155 Å². The lowest BCUT2D eigenvalue weighted by atomic mass is 9.45. The fourth-order valence-corrected chi connectivity index (χ4v) is 11.7. The SMILES string of the molecule is CC(=O)O[C@@]12CO[C@@H]1CC[C@@]1(C)[C@@H]3O[C@H](CN4CC(N(C)C)C4)O[C@@H]3C3=C(C)[C@@H](OC(=O)[C@H](O)[C@@H](NC(=O)OC(C)(C)C)c4ncccc4F)C[C@@](O)([C@@H](OC(=O)c4ccccc4)[C@@H]12)C3(C)C. The molecule has 67 heavy (non-hydrogen) atoms. The number of alkyl carbamates (subject to hydrolysis) is 1. The molecule has 1 aromatic heterocycles. The van der Waals surface area contributed by atoms with Gasteiger partial charge in [0.05, 0.1) is 24.2 Å². The number of nitrogens with one attached hydrogen (secondary N) is 1. The van der Waals surface area contributed by atoms with Gasteiger partial charge in [-0.3, -0.25) is 14.7 Å². The second-order valence-corrected chi connectivity index (χ2v) is 21.2. The molecule has 2 bridgehead atoms. The van der Waals surface area contributed by atoms with Crippen LogP contribution in [0.3, 0.4) is 0 Å². The number of likely N-dealkylation sites (tertiary alicyclic amines) is 1. The number of aliphatic hydroxyl groups excluding tert-OH is 1. The number of carbonyl (C=O) groups is 4. The molecule has 18 heteroatoms. The van der Waals surface area contributed by atoms with E-state index in [0.29, 0.717) is 36.6 Å². The van der Waals surface area contributed by atoms with Crippen molar-refractivity contribution in [2.75, 3.05) is 40.3 Å². The van der Waals surface area contributed by atoms with Crippen LogP contribution in [-0.2, 0) is 42.7 Å². The lowest BCUT2D eigenvalue weighted by Gasteiger charge is -2.68. The maximum absolute atomic E-state index is 15.4. The Balaban J connectivity index is 1.26. The number of hydrogen-bond donors (Lipinski definition) is 3. The van der Waals surface area contributed by atoms with Gasteiger partial charge >= 0.3 is 24.0 Å². The summed E-state index contributed by atoms with van der Waals surface area (Å²) >= 11 is 0. The van der Waals surface area contributed by atoms with Gasteiger partial charge in [0.15, 0.2) is 18.0 Å². The molecule has 1 aromatic carbocycles. The third-order valence-electron chi connectivity index (χ3n) is 15.2. The van der Waals surface area contributed by atoms with Gasteiger partial charge in [0.1, 0.15) is 53.2 Å². The molecule has 2 aromatic rings. The summed E-state index contributed by atoms with van der Waals surface area (Å²) < 4.78 is 60.4. The third kappa shape index (κ3) is 8.65. The van der Waals surface area contributed by atoms with Gasteiger partial charge in [0.25, 0.3) is 0 Å². The van der Waals surface area contributed by atoms with E-state index < -0.39 is 124 Å². The molecule has 0 unspecified atom stereocenters. The highest BCUT2D eigenvalue weighted by molar-refractivity contribution is 5.89. The number of benzene rings is 1. The topological polar surface area (TPSA) is 205 Å². The van der Waals surface area contributed by atoms with Crippen molar-refractivity contribution in [3.8, 4) is 0 Å². The lowest BCUT2D eigenvalue weighted by Crippen LogP contribution is -2.79. The first-order valence-corrected chi connectivity index (χ1v) is 23.1. The average molecular weight is 937 g/mol. The molecule has 5 fully saturated rings. The van der Waals surface area contributed by atoms with E-state index in [1.54, 1.807) is 58.0 Å². The number of esters is 3. The van der Waals surface area contributed by atoms with Gasteiger partial charge in [-0.25, -0.2) is 18.8 Å². The molecule has 0 spiro atoms. The Morgan fingerprint density at radius 2 is 1.75 bits per heavy atom. The van der Waals surface area contributed by atoms with E-state index in [1.165, 1.54) is 19.2 Å². The summed E-state index contributed by atoms with van der Waals surface area (Å²) in [5, 5.41) is 28.2. The molecule has 0 radical (unpaired) electrons. The minimum atomic E-state index is -2.25. The van der Waals surface area contributed by atoms with Gasteiger partial charge in [-0.15, -0.1) is 0 Å². The molecule has 3 saturated heterocycles. The quantitative estimate of drug-likeness (QED) is 0.164. The Bertz CT molecular complexity index is 2270. The van der Waals surface area contributed by atoms with Gasteiger partial charge in [-0.05, 0) is 90.0 Å². The van der Waals surface area contributed by atoms with Crippen molar-refractivity contribution in [2.24, 2.45) is 16.7 Å². The predicted molar refractivity (Wildman–Crippen MR) is 236 cm³/mol. The van der Waals surface area contributed by atoms with E-state index >= 15 is 4.39 Å². The number of pyridine rings is 1. The summed E-state index contributed by atoms with van der Waals surface area (Å²) in [7, 11) is 4.07. The van der Waals surface area contributed by atoms with E-state index in [9.17, 15) is 29.4 Å². The highest BCUT2D eigenvalue weighted by Crippen LogP contribution is 2.66. The predicted octanol–water partition coefficient (Wildman–Crippen LogP) is 4.25. The maximum atomic E-state index is 15.4. The summed E-state index contributed by atoms with van der Waals surface area (Å²) in [6.07, 6.45) is -7.42. The van der Waals surface area contributed by atoms with Crippen molar-refractivity contribution in [3.63, 3.8) is 0 Å². The Kier molecular flexibility index (Phi) is 13.0. The van der Waals surface area contributed by atoms with Crippen molar-refractivity contribution in [3.05, 3.63) is 76.9 Å². The zero-order chi connectivity index (χ0) is 48.6. The maximum Gasteiger partial charge on any atom is 0.408 e. The summed E-state index contributed by atoms with van der Waals surface area (Å²) in [5.74, 6) is -4.54. The van der Waals surface area contributed by atoms with Crippen molar-refractivity contribution in [1.82, 2.24) is 20.1 Å². The van der Waals surface area contributed by atoms with Gasteiger partial charge in [-0.2, -0.15) is 0 Å². The molecule has 12 atom stereocenters. The second-order valence-electron chi connectivity index (χ2n) is 21.2. The first kappa shape index (κ1) is 48.9. The van der Waals surface area contributed by atoms with E-state index in [-0.39, 0.29) is 12.2 Å². The van der Waals surface area contributed by atoms with E-state index in [1.807, 2.05) is 34.9 Å². The molecule has 3 aliphatic heterocycles. The van der Waals surface area contributed by atoms with E-state index in [0.717, 1.165) is 19.2 Å². The number of aromatic nitrogens is 1. The highest BCUT2D eigenvalue weighted by Gasteiger charge is 2.77. The largest absolute Gasteiger partial charge is 0.456 e. The van der Waals surface area contributed by atoms with Gasteiger partial charge in [0, 0.05) is 56.0 Å². The Morgan fingerprint density at radius 3 is 2.36 bits per heavy atom. The number of fused-ring (bicyclic) bond motifs is 8. The zero-order valence-electron chi connectivity index (χ0n) is 39.9. The number of ether oxygens (including phenoxy) is 7. The minimum Gasteiger partial charge on any atom is -0.456 e. The second kappa shape index (κ2) is 17.8. The van der Waals surface area contributed by atoms with Gasteiger partial charge < -0.3 is 53.6 Å². The monoisotopic (exact) mass is 936 g/mol. The van der Waals surface area contributed by atoms with Crippen molar-refractivity contribution in [1.29, 1.82) is 0 Å². The van der Waals surface area contributed by atoms with Crippen molar-refractivity contribution in [2.45, 2.75) is 146 Å². The van der Waals surface area contributed by atoms with Crippen LogP contribution in [0.2, 0.25) is 0 Å². The number of likely N-dealkylation sites (N-methyl/N-ethyl adjacent to an activating group) is 1. The molecular formula is C49H65FN4O13. The Hall–Kier alpha value is -4.56. The molecule has 6 aliphatic rings. The third-order valence-corrected chi connectivity index (χ3v) is 15.2. The molecule has 8 rings (SSSR count). The number of nitrogens with zero attached hydrogens (tertiary/aromatic N) is 3. The highest BCUT2D eigenvalue weighted by atomic mass is 19.1. The number of rotatable bonds is 11. The van der Waals surface area contributed by atoms with Crippen LogP contribution < -0.4 is 5.32 Å². The molecule has 1 amide bonds. The molecule has 4 heterocycles. The standard InChI is InChI=1S/C49H65FN4O13/c1-26-31(62-43(58)37(56)36(35-30(50)17-14-20-51-35)52-44(59)67-45(3,4)5)21-49(60)41(65-42(57)28-15-12-11-13-16-28)39-47(8,19-18-32-48(39,25-61-32)66-27(2)55)40-38(34(26)46(49,6)7)63-33(64-40)24-54-22-29(23-54)53(9)10/h11-17,20,29,31-33,36-41,56,60H,18-19,21-25H2,1-10H3,(H,52,59)/t31-,32+,33+,36-,37+,38+,39-,40+,41-,47+,48-,49+/m0/s1. The Labute approximate surface area is 390 Å². The van der Waals surface area contributed by atoms with Crippen LogP contribution in [0.1, 0.15) is 96.7 Å². The Morgan fingerprint density at radius 1 is 1.04 bits per heavy atom. The number of aliphatic hydroxyl groups is 2. The number of hydrogen-bond acceptors (Lipinski definition) is 16. The minimum absolute atomic E-state index is 0.0583. The van der Waals surface area contributed by atoms with Crippen LogP contribution in [0.5, 0.6) is 0 Å². The van der Waals surface area contributed by atoms with Crippen LogP contribution in [0.4, 0.5) is 9.18 Å². The average Bonchev–Trinajstić information content (AvgIpc) is 3.64. The summed E-state index contributed by atoms with van der Waals surface area (Å²) in [4.78, 5) is 63.8. The number of halogens is 1. The van der Waals surface area contributed by atoms with Crippen LogP contribution >= 0.6 is 0 Å². The van der Waals surface area contributed by atoms with Crippen molar-refractivity contribution >= 4 is 24.0 Å². The molecular weight excluding hydrogens is 872 g/mol. The van der Waals surface area contributed by atoms with Crippen molar-refractivity contribution < 1.29 is 66.9 Å². The summed E-state index contributed by atoms with van der Waals surface area (Å²) in [6.45, 7) is 15.5. The van der Waals surface area contributed by atoms with E-state index in [4.69, 9.17) is 33.2 Å². The lowest BCUT2D eigenvalue weighted by molar-refractivity contribution is -0.345. The normalized spacial score (nSPS) is 34.4. The molecule has 3 aliphatic carbocycles. The molecule has 17 nitrogen and oxygen atoms in total. The first-order chi connectivity index (χ1) is 31.4. The molecule has 2 saturated carbocycles. The van der Waals surface area contributed by atoms with E-state index in [2.05, 4.69) is 20.1 Å². The van der Waals surface area contributed by atoms with Crippen LogP contribution in [0.15, 0.2) is 59.8 Å². The smallest absolute Gasteiger partial charge is 0.408 e. The summed E-state index contributed by atoms with van der Waals surface area (Å²) in [5.41, 5.74) is -6.13. The fraction of sp³-hybridized carbons (Fsp3) is 0.653. The molecule has 3 N–H and O–H groups in total. The first-order valence-electron chi connectivity index (χ1n) is 23.1.